The van der Waals surface area contributed by atoms with E-state index in [1.807, 2.05) is 6.92 Å². The second kappa shape index (κ2) is 6.00. The summed E-state index contributed by atoms with van der Waals surface area (Å²) < 4.78 is 31.6. The van der Waals surface area contributed by atoms with Gasteiger partial charge in [-0.2, -0.15) is 4.31 Å². The third-order valence-electron chi connectivity index (χ3n) is 2.92. The van der Waals surface area contributed by atoms with Crippen LogP contribution in [0.2, 0.25) is 0 Å². The van der Waals surface area contributed by atoms with Crippen LogP contribution in [0.25, 0.3) is 0 Å². The Balaban J connectivity index is 2.33. The van der Waals surface area contributed by atoms with Gasteiger partial charge in [-0.25, -0.2) is 13.4 Å². The summed E-state index contributed by atoms with van der Waals surface area (Å²) in [6, 6.07) is 4.50. The molecule has 0 unspecified atom stereocenters. The van der Waals surface area contributed by atoms with Crippen LogP contribution >= 0.6 is 11.3 Å². The smallest absolute Gasteiger partial charge is 0.246 e. The molecule has 114 valence electrons. The van der Waals surface area contributed by atoms with Crippen molar-refractivity contribution in [3.05, 3.63) is 34.3 Å². The molecule has 0 aliphatic heterocycles. The minimum Gasteiger partial charge on any atom is -0.495 e. The molecule has 0 saturated heterocycles. The number of hydrogen-bond acceptors (Lipinski definition) is 6. The fourth-order valence-electron chi connectivity index (χ4n) is 1.85. The third kappa shape index (κ3) is 3.34. The molecule has 1 aromatic carbocycles. The normalized spacial score (nSPS) is 11.8. The number of nitrogens with two attached hydrogens (primary N) is 1. The Morgan fingerprint density at radius 1 is 1.43 bits per heavy atom. The number of rotatable bonds is 5. The zero-order valence-electron chi connectivity index (χ0n) is 12.0. The molecule has 6 nitrogen and oxygen atoms in total. The van der Waals surface area contributed by atoms with E-state index in [1.54, 1.807) is 12.3 Å². The zero-order chi connectivity index (χ0) is 15.6. The Kier molecular flexibility index (Phi) is 4.50. The first-order chi connectivity index (χ1) is 9.84. The molecule has 0 atom stereocenters. The Morgan fingerprint density at radius 2 is 2.14 bits per heavy atom. The number of thiazole rings is 1. The van der Waals surface area contributed by atoms with E-state index in [1.165, 1.54) is 41.9 Å². The van der Waals surface area contributed by atoms with Gasteiger partial charge in [-0.15, -0.1) is 11.3 Å². The monoisotopic (exact) mass is 327 g/mol. The van der Waals surface area contributed by atoms with E-state index in [-0.39, 0.29) is 17.2 Å². The van der Waals surface area contributed by atoms with Gasteiger partial charge in [0.15, 0.2) is 0 Å². The van der Waals surface area contributed by atoms with Crippen molar-refractivity contribution in [3.8, 4) is 5.75 Å². The Labute approximate surface area is 128 Å². The summed E-state index contributed by atoms with van der Waals surface area (Å²) in [6.07, 6.45) is 1.69. The minimum atomic E-state index is -3.66. The molecule has 21 heavy (non-hydrogen) atoms. The maximum Gasteiger partial charge on any atom is 0.246 e. The van der Waals surface area contributed by atoms with Crippen LogP contribution in [-0.4, -0.2) is 31.9 Å². The Hall–Kier alpha value is -1.64. The summed E-state index contributed by atoms with van der Waals surface area (Å²) in [5, 5.41) is 0.904. The average molecular weight is 327 g/mol. The van der Waals surface area contributed by atoms with E-state index in [0.717, 1.165) is 9.88 Å². The van der Waals surface area contributed by atoms with Gasteiger partial charge in [-0.3, -0.25) is 0 Å². The molecule has 0 aliphatic carbocycles. The number of ether oxygens (including phenoxy) is 1. The highest BCUT2D eigenvalue weighted by molar-refractivity contribution is 7.89. The molecule has 0 bridgehead atoms. The molecular formula is C13H17N3O3S2. The molecule has 2 rings (SSSR count). The quantitative estimate of drug-likeness (QED) is 0.847. The summed E-state index contributed by atoms with van der Waals surface area (Å²) in [7, 11) is -0.711. The summed E-state index contributed by atoms with van der Waals surface area (Å²) in [5.74, 6) is 0.238. The van der Waals surface area contributed by atoms with E-state index in [4.69, 9.17) is 10.5 Å². The average Bonchev–Trinajstić information content (AvgIpc) is 2.83. The summed E-state index contributed by atoms with van der Waals surface area (Å²) in [6.45, 7) is 2.15. The van der Waals surface area contributed by atoms with Crippen molar-refractivity contribution in [2.75, 3.05) is 19.9 Å². The lowest BCUT2D eigenvalue weighted by Crippen LogP contribution is -2.26. The van der Waals surface area contributed by atoms with Crippen LogP contribution in [0.3, 0.4) is 0 Å². The van der Waals surface area contributed by atoms with E-state index < -0.39 is 10.0 Å². The van der Waals surface area contributed by atoms with Gasteiger partial charge in [0.05, 0.1) is 12.1 Å². The predicted octanol–water partition coefficient (Wildman–Crippen LogP) is 1.86. The Morgan fingerprint density at radius 3 is 2.71 bits per heavy atom. The molecule has 0 amide bonds. The van der Waals surface area contributed by atoms with Crippen LogP contribution in [0.15, 0.2) is 29.3 Å². The van der Waals surface area contributed by atoms with Crippen LogP contribution in [0.5, 0.6) is 5.75 Å². The summed E-state index contributed by atoms with van der Waals surface area (Å²) in [4.78, 5) is 5.11. The van der Waals surface area contributed by atoms with E-state index in [9.17, 15) is 8.42 Å². The van der Waals surface area contributed by atoms with Gasteiger partial charge in [-0.05, 0) is 19.1 Å². The molecule has 0 fully saturated rings. The number of aryl methyl sites for hydroxylation is 1. The number of nitrogen functional groups attached to an aromatic ring is 1. The topological polar surface area (TPSA) is 85.5 Å². The van der Waals surface area contributed by atoms with Gasteiger partial charge in [0, 0.05) is 36.4 Å². The summed E-state index contributed by atoms with van der Waals surface area (Å²) in [5.41, 5.74) is 6.10. The molecule has 2 aromatic rings. The highest BCUT2D eigenvalue weighted by Crippen LogP contribution is 2.29. The standard InChI is InChI=1S/C13H17N3O3S2/c1-9-15-7-11(20-9)8-16(2)21(17,18)13-5-4-10(14)6-12(13)19-3/h4-7H,8,14H2,1-3H3. The van der Waals surface area contributed by atoms with Gasteiger partial charge >= 0.3 is 0 Å². The van der Waals surface area contributed by atoms with Crippen molar-refractivity contribution < 1.29 is 13.2 Å². The highest BCUT2D eigenvalue weighted by Gasteiger charge is 2.25. The lowest BCUT2D eigenvalue weighted by Gasteiger charge is -2.18. The minimum absolute atomic E-state index is 0.0999. The molecule has 8 heteroatoms. The number of hydrogen-bond donors (Lipinski definition) is 1. The molecule has 1 aromatic heterocycles. The third-order valence-corrected chi connectivity index (χ3v) is 5.66. The van der Waals surface area contributed by atoms with E-state index in [0.29, 0.717) is 5.69 Å². The maximum absolute atomic E-state index is 12.6. The van der Waals surface area contributed by atoms with Crippen LogP contribution < -0.4 is 10.5 Å². The zero-order valence-corrected chi connectivity index (χ0v) is 13.7. The highest BCUT2D eigenvalue weighted by atomic mass is 32.2. The lowest BCUT2D eigenvalue weighted by atomic mass is 10.3. The maximum atomic E-state index is 12.6. The van der Waals surface area contributed by atoms with Crippen molar-refractivity contribution in [3.63, 3.8) is 0 Å². The van der Waals surface area contributed by atoms with Crippen molar-refractivity contribution in [1.29, 1.82) is 0 Å². The fourth-order valence-corrected chi connectivity index (χ4v) is 4.06. The largest absolute Gasteiger partial charge is 0.495 e. The summed E-state index contributed by atoms with van der Waals surface area (Å²) >= 11 is 1.47. The second-order valence-corrected chi connectivity index (χ2v) is 7.85. The van der Waals surface area contributed by atoms with Gasteiger partial charge in [-0.1, -0.05) is 0 Å². The number of aromatic nitrogens is 1. The number of anilines is 1. The van der Waals surface area contributed by atoms with Gasteiger partial charge < -0.3 is 10.5 Å². The molecule has 1 heterocycles. The number of sulfonamides is 1. The molecule has 2 N–H and O–H groups in total. The molecule has 0 aliphatic rings. The molecule has 0 saturated carbocycles. The second-order valence-electron chi connectivity index (χ2n) is 4.52. The molecule has 0 radical (unpaired) electrons. The SMILES string of the molecule is COc1cc(N)ccc1S(=O)(=O)N(C)Cc1cnc(C)s1. The predicted molar refractivity (Wildman–Crippen MR) is 82.9 cm³/mol. The van der Waals surface area contributed by atoms with Gasteiger partial charge in [0.1, 0.15) is 10.6 Å². The van der Waals surface area contributed by atoms with Crippen LogP contribution in [0.1, 0.15) is 9.88 Å². The first kappa shape index (κ1) is 15.7. The first-order valence-electron chi connectivity index (χ1n) is 6.15. The van der Waals surface area contributed by atoms with Gasteiger partial charge in [0.2, 0.25) is 10.0 Å². The first-order valence-corrected chi connectivity index (χ1v) is 8.41. The molecular weight excluding hydrogens is 310 g/mol. The van der Waals surface area contributed by atoms with E-state index >= 15 is 0 Å². The number of methoxy groups -OCH3 is 1. The fraction of sp³-hybridized carbons (Fsp3) is 0.308. The van der Waals surface area contributed by atoms with Crippen molar-refractivity contribution in [2.45, 2.75) is 18.4 Å². The van der Waals surface area contributed by atoms with E-state index in [2.05, 4.69) is 4.98 Å². The molecule has 0 spiro atoms. The van der Waals surface area contributed by atoms with Gasteiger partial charge in [0.25, 0.3) is 0 Å². The Bertz CT molecular complexity index is 741. The van der Waals surface area contributed by atoms with Crippen LogP contribution in [0, 0.1) is 6.92 Å². The number of benzene rings is 1. The van der Waals surface area contributed by atoms with Crippen molar-refractivity contribution >= 4 is 27.0 Å². The van der Waals surface area contributed by atoms with Crippen LogP contribution in [-0.2, 0) is 16.6 Å². The number of nitrogens with zero attached hydrogens (tertiary/aromatic N) is 2. The lowest BCUT2D eigenvalue weighted by molar-refractivity contribution is 0.398. The van der Waals surface area contributed by atoms with Crippen LogP contribution in [0.4, 0.5) is 5.69 Å². The van der Waals surface area contributed by atoms with Crippen molar-refractivity contribution in [2.24, 2.45) is 0 Å². The van der Waals surface area contributed by atoms with Crippen molar-refractivity contribution in [1.82, 2.24) is 9.29 Å².